The zero-order chi connectivity index (χ0) is 22.5. The van der Waals surface area contributed by atoms with E-state index in [9.17, 15) is 9.59 Å². The highest BCUT2D eigenvalue weighted by atomic mass is 16.5. The van der Waals surface area contributed by atoms with Gasteiger partial charge in [-0.1, -0.05) is 12.1 Å². The molecule has 1 aromatic heterocycles. The van der Waals surface area contributed by atoms with Gasteiger partial charge in [-0.15, -0.1) is 0 Å². The number of amides is 2. The third-order valence-corrected chi connectivity index (χ3v) is 5.12. The molecule has 0 bridgehead atoms. The Morgan fingerprint density at radius 1 is 0.968 bits per heavy atom. The van der Waals surface area contributed by atoms with Crippen molar-refractivity contribution in [2.75, 3.05) is 12.4 Å². The van der Waals surface area contributed by atoms with Gasteiger partial charge in [0.1, 0.15) is 5.75 Å². The van der Waals surface area contributed by atoms with Crippen molar-refractivity contribution in [3.8, 4) is 11.4 Å². The van der Waals surface area contributed by atoms with Crippen LogP contribution in [0.3, 0.4) is 0 Å². The molecule has 0 unspecified atom stereocenters. The van der Waals surface area contributed by atoms with Gasteiger partial charge in [0.2, 0.25) is 0 Å². The molecule has 0 atom stereocenters. The second-order valence-corrected chi connectivity index (χ2v) is 7.32. The quantitative estimate of drug-likeness (QED) is 0.375. The Morgan fingerprint density at radius 2 is 1.74 bits per heavy atom. The van der Waals surface area contributed by atoms with E-state index in [1.807, 2.05) is 70.2 Å². The topological polar surface area (TPSA) is 84.7 Å². The summed E-state index contributed by atoms with van der Waals surface area (Å²) in [4.78, 5) is 24.2. The molecule has 2 amide bonds. The molecule has 160 valence electrons. The summed E-state index contributed by atoms with van der Waals surface area (Å²) in [7, 11) is 1.63. The molecule has 0 radical (unpaired) electrons. The van der Waals surface area contributed by atoms with Crippen LogP contribution in [0.4, 0.5) is 5.69 Å². The van der Waals surface area contributed by atoms with Gasteiger partial charge in [-0.3, -0.25) is 9.59 Å². The van der Waals surface area contributed by atoms with Gasteiger partial charge < -0.3 is 14.6 Å². The molecule has 0 aliphatic rings. The highest BCUT2D eigenvalue weighted by molar-refractivity contribution is 6.39. The van der Waals surface area contributed by atoms with Crippen molar-refractivity contribution in [2.45, 2.75) is 27.7 Å². The van der Waals surface area contributed by atoms with Crippen molar-refractivity contribution in [2.24, 2.45) is 5.10 Å². The number of methoxy groups -OCH3 is 1. The summed E-state index contributed by atoms with van der Waals surface area (Å²) in [5, 5.41) is 6.53. The smallest absolute Gasteiger partial charge is 0.329 e. The van der Waals surface area contributed by atoms with Crippen molar-refractivity contribution in [3.05, 3.63) is 76.6 Å². The van der Waals surface area contributed by atoms with Crippen molar-refractivity contribution < 1.29 is 14.3 Å². The Hall–Kier alpha value is -3.87. The summed E-state index contributed by atoms with van der Waals surface area (Å²) in [5.41, 5.74) is 8.73. The first-order chi connectivity index (χ1) is 14.8. The summed E-state index contributed by atoms with van der Waals surface area (Å²) in [6.45, 7) is 7.87. The van der Waals surface area contributed by atoms with Gasteiger partial charge in [0, 0.05) is 34.4 Å². The maximum atomic E-state index is 12.1. The van der Waals surface area contributed by atoms with E-state index in [1.54, 1.807) is 13.2 Å². The molecule has 0 saturated heterocycles. The van der Waals surface area contributed by atoms with Gasteiger partial charge in [-0.05, 0) is 69.2 Å². The molecule has 3 aromatic rings. The van der Waals surface area contributed by atoms with E-state index in [-0.39, 0.29) is 0 Å². The van der Waals surface area contributed by atoms with Crippen molar-refractivity contribution in [3.63, 3.8) is 0 Å². The molecular formula is C24H26N4O3. The number of aryl methyl sites for hydroxylation is 3. The van der Waals surface area contributed by atoms with E-state index in [0.717, 1.165) is 39.5 Å². The number of nitrogens with one attached hydrogen (secondary N) is 2. The fraction of sp³-hybridized carbons (Fsp3) is 0.208. The van der Waals surface area contributed by atoms with Gasteiger partial charge >= 0.3 is 11.8 Å². The number of benzene rings is 2. The number of hydrogen-bond donors (Lipinski definition) is 2. The lowest BCUT2D eigenvalue weighted by atomic mass is 10.1. The summed E-state index contributed by atoms with van der Waals surface area (Å²) < 4.78 is 7.37. The van der Waals surface area contributed by atoms with Gasteiger partial charge in [0.15, 0.2) is 0 Å². The molecule has 31 heavy (non-hydrogen) atoms. The number of anilines is 1. The van der Waals surface area contributed by atoms with E-state index in [0.29, 0.717) is 5.69 Å². The van der Waals surface area contributed by atoms with E-state index in [4.69, 9.17) is 4.74 Å². The number of carbonyl (C=O) groups excluding carboxylic acids is 2. The predicted molar refractivity (Wildman–Crippen MR) is 122 cm³/mol. The Bertz CT molecular complexity index is 1160. The lowest BCUT2D eigenvalue weighted by molar-refractivity contribution is -0.136. The van der Waals surface area contributed by atoms with Crippen LogP contribution in [0.15, 0.2) is 53.6 Å². The average Bonchev–Trinajstić information content (AvgIpc) is 3.03. The lowest BCUT2D eigenvalue weighted by Gasteiger charge is -2.11. The molecule has 0 spiro atoms. The van der Waals surface area contributed by atoms with E-state index < -0.39 is 11.8 Å². The first-order valence-electron chi connectivity index (χ1n) is 9.85. The number of ether oxygens (including phenoxy) is 1. The molecule has 2 N–H and O–H groups in total. The largest absolute Gasteiger partial charge is 0.497 e. The second kappa shape index (κ2) is 9.30. The van der Waals surface area contributed by atoms with Crippen LogP contribution in [0.5, 0.6) is 5.75 Å². The Morgan fingerprint density at radius 3 is 2.45 bits per heavy atom. The minimum Gasteiger partial charge on any atom is -0.497 e. The van der Waals surface area contributed by atoms with Gasteiger partial charge in [-0.2, -0.15) is 5.10 Å². The number of aromatic nitrogens is 1. The second-order valence-electron chi connectivity index (χ2n) is 7.32. The van der Waals surface area contributed by atoms with Crippen molar-refractivity contribution in [1.29, 1.82) is 0 Å². The van der Waals surface area contributed by atoms with Gasteiger partial charge in [-0.25, -0.2) is 5.43 Å². The highest BCUT2D eigenvalue weighted by Crippen LogP contribution is 2.23. The monoisotopic (exact) mass is 418 g/mol. The molecule has 2 aromatic carbocycles. The third-order valence-electron chi connectivity index (χ3n) is 5.12. The van der Waals surface area contributed by atoms with Crippen LogP contribution in [-0.2, 0) is 9.59 Å². The molecular weight excluding hydrogens is 392 g/mol. The van der Waals surface area contributed by atoms with Crippen LogP contribution in [0.2, 0.25) is 0 Å². The van der Waals surface area contributed by atoms with E-state index in [1.165, 1.54) is 6.21 Å². The highest BCUT2D eigenvalue weighted by Gasteiger charge is 2.14. The number of hydrazone groups is 1. The molecule has 7 heteroatoms. The van der Waals surface area contributed by atoms with Crippen LogP contribution in [0.25, 0.3) is 5.69 Å². The maximum Gasteiger partial charge on any atom is 0.329 e. The van der Waals surface area contributed by atoms with Crippen molar-refractivity contribution >= 4 is 23.7 Å². The SMILES string of the molecule is COc1cccc(-n2c(C)cc(/C=N\NC(=O)C(=O)Nc3ccc(C)c(C)c3)c2C)c1. The summed E-state index contributed by atoms with van der Waals surface area (Å²) in [6, 6.07) is 15.2. The molecule has 3 rings (SSSR count). The van der Waals surface area contributed by atoms with Crippen LogP contribution in [0.1, 0.15) is 28.1 Å². The number of rotatable bonds is 5. The summed E-state index contributed by atoms with van der Waals surface area (Å²) >= 11 is 0. The first kappa shape index (κ1) is 21.8. The molecule has 7 nitrogen and oxygen atoms in total. The zero-order valence-electron chi connectivity index (χ0n) is 18.3. The maximum absolute atomic E-state index is 12.1. The molecule has 0 saturated carbocycles. The molecule has 0 aliphatic heterocycles. The fourth-order valence-corrected chi connectivity index (χ4v) is 3.28. The minimum atomic E-state index is -0.837. The number of hydrogen-bond acceptors (Lipinski definition) is 4. The predicted octanol–water partition coefficient (Wildman–Crippen LogP) is 3.81. The minimum absolute atomic E-state index is 0.564. The van der Waals surface area contributed by atoms with Crippen molar-refractivity contribution in [1.82, 2.24) is 9.99 Å². The van der Waals surface area contributed by atoms with E-state index >= 15 is 0 Å². The summed E-state index contributed by atoms with van der Waals surface area (Å²) in [5.74, 6) is -0.847. The van der Waals surface area contributed by atoms with Crippen LogP contribution < -0.4 is 15.5 Å². The van der Waals surface area contributed by atoms with E-state index in [2.05, 4.69) is 20.4 Å². The molecule has 0 fully saturated rings. The Kier molecular flexibility index (Phi) is 6.55. The van der Waals surface area contributed by atoms with Crippen LogP contribution in [0, 0.1) is 27.7 Å². The normalized spacial score (nSPS) is 10.9. The summed E-state index contributed by atoms with van der Waals surface area (Å²) in [6.07, 6.45) is 1.53. The Balaban J connectivity index is 1.68. The first-order valence-corrected chi connectivity index (χ1v) is 9.85. The van der Waals surface area contributed by atoms with Crippen LogP contribution >= 0.6 is 0 Å². The average molecular weight is 418 g/mol. The molecule has 1 heterocycles. The van der Waals surface area contributed by atoms with Gasteiger partial charge in [0.25, 0.3) is 0 Å². The number of carbonyl (C=O) groups is 2. The lowest BCUT2D eigenvalue weighted by Crippen LogP contribution is -2.32. The number of nitrogens with zero attached hydrogens (tertiary/aromatic N) is 2. The third kappa shape index (κ3) is 5.01. The Labute approximate surface area is 181 Å². The molecule has 0 aliphatic carbocycles. The van der Waals surface area contributed by atoms with Gasteiger partial charge in [0.05, 0.1) is 13.3 Å². The fourth-order valence-electron chi connectivity index (χ4n) is 3.28. The standard InChI is InChI=1S/C24H26N4O3/c1-15-9-10-20(11-16(15)2)26-23(29)24(30)27-25-14-19-12-17(3)28(18(19)4)21-7-6-8-22(13-21)31-5/h6-14H,1-5H3,(H,26,29)(H,27,30)/b25-14-. The van der Waals surface area contributed by atoms with Crippen LogP contribution in [-0.4, -0.2) is 29.7 Å². The zero-order valence-corrected chi connectivity index (χ0v) is 18.3.